The molecule has 0 saturated carbocycles. The van der Waals surface area contributed by atoms with Gasteiger partial charge in [-0.2, -0.15) is 0 Å². The zero-order valence-electron chi connectivity index (χ0n) is 11.1. The highest BCUT2D eigenvalue weighted by atomic mass is 32.1. The van der Waals surface area contributed by atoms with Gasteiger partial charge in [0.05, 0.1) is 23.6 Å². The number of thiophene rings is 1. The van der Waals surface area contributed by atoms with E-state index >= 15 is 0 Å². The van der Waals surface area contributed by atoms with Gasteiger partial charge in [0.2, 0.25) is 0 Å². The van der Waals surface area contributed by atoms with Crippen molar-refractivity contribution in [2.45, 2.75) is 33.2 Å². The second-order valence-electron chi connectivity index (χ2n) is 4.42. The first-order valence-corrected chi connectivity index (χ1v) is 7.10. The average Bonchev–Trinajstić information content (AvgIpc) is 2.78. The molecule has 1 N–H and O–H groups in total. The van der Waals surface area contributed by atoms with Crippen molar-refractivity contribution >= 4 is 11.3 Å². The standard InChI is InChI=1S/C14H19N3S/c1-4-7-15-14(13-6-5-11(3)18-13)12-9-16-10(2)8-17-12/h5-6,8-9,14-15H,4,7H2,1-3H3. The van der Waals surface area contributed by atoms with E-state index in [4.69, 9.17) is 0 Å². The lowest BCUT2D eigenvalue weighted by atomic mass is 10.1. The molecule has 2 heterocycles. The van der Waals surface area contributed by atoms with Gasteiger partial charge in [-0.1, -0.05) is 6.92 Å². The predicted octanol–water partition coefficient (Wildman–Crippen LogP) is 3.24. The van der Waals surface area contributed by atoms with Gasteiger partial charge in [-0.05, 0) is 38.9 Å². The highest BCUT2D eigenvalue weighted by Crippen LogP contribution is 2.26. The molecule has 0 bridgehead atoms. The van der Waals surface area contributed by atoms with E-state index in [0.717, 1.165) is 24.4 Å². The van der Waals surface area contributed by atoms with Crippen LogP contribution in [0.15, 0.2) is 24.5 Å². The number of hydrogen-bond donors (Lipinski definition) is 1. The van der Waals surface area contributed by atoms with Crippen LogP contribution in [-0.4, -0.2) is 16.5 Å². The van der Waals surface area contributed by atoms with E-state index < -0.39 is 0 Å². The van der Waals surface area contributed by atoms with Crippen LogP contribution in [0.4, 0.5) is 0 Å². The first-order valence-electron chi connectivity index (χ1n) is 6.29. The van der Waals surface area contributed by atoms with E-state index in [2.05, 4.69) is 41.3 Å². The second kappa shape index (κ2) is 6.07. The molecule has 2 aromatic heterocycles. The summed E-state index contributed by atoms with van der Waals surface area (Å²) in [4.78, 5) is 11.5. The fraction of sp³-hybridized carbons (Fsp3) is 0.429. The van der Waals surface area contributed by atoms with E-state index in [-0.39, 0.29) is 6.04 Å². The maximum Gasteiger partial charge on any atom is 0.0860 e. The predicted molar refractivity (Wildman–Crippen MR) is 76.0 cm³/mol. The van der Waals surface area contributed by atoms with Crippen molar-refractivity contribution in [3.05, 3.63) is 45.7 Å². The number of nitrogens with one attached hydrogen (secondary N) is 1. The van der Waals surface area contributed by atoms with Crippen LogP contribution in [0.5, 0.6) is 0 Å². The van der Waals surface area contributed by atoms with Crippen molar-refractivity contribution in [3.63, 3.8) is 0 Å². The molecule has 0 amide bonds. The average molecular weight is 261 g/mol. The Morgan fingerprint density at radius 3 is 2.61 bits per heavy atom. The number of rotatable bonds is 5. The Bertz CT molecular complexity index is 490. The van der Waals surface area contributed by atoms with Gasteiger partial charge in [0.15, 0.2) is 0 Å². The second-order valence-corrected chi connectivity index (χ2v) is 5.74. The van der Waals surface area contributed by atoms with E-state index in [1.807, 2.05) is 30.7 Å². The summed E-state index contributed by atoms with van der Waals surface area (Å²) in [5.41, 5.74) is 1.95. The van der Waals surface area contributed by atoms with E-state index in [1.54, 1.807) is 0 Å². The van der Waals surface area contributed by atoms with Gasteiger partial charge in [0.25, 0.3) is 0 Å². The molecule has 18 heavy (non-hydrogen) atoms. The molecule has 0 aliphatic heterocycles. The molecule has 2 aromatic rings. The quantitative estimate of drug-likeness (QED) is 0.898. The van der Waals surface area contributed by atoms with Crippen LogP contribution in [0.1, 0.15) is 40.5 Å². The third kappa shape index (κ3) is 3.15. The molecule has 0 aliphatic carbocycles. The molecule has 0 saturated heterocycles. The molecule has 0 spiro atoms. The Hall–Kier alpha value is -1.26. The molecule has 1 atom stereocenters. The summed E-state index contributed by atoms with van der Waals surface area (Å²) in [6, 6.07) is 4.49. The molecule has 0 aromatic carbocycles. The number of aromatic nitrogens is 2. The Labute approximate surface area is 112 Å². The van der Waals surface area contributed by atoms with Crippen LogP contribution >= 0.6 is 11.3 Å². The normalized spacial score (nSPS) is 12.6. The Kier molecular flexibility index (Phi) is 4.44. The lowest BCUT2D eigenvalue weighted by Crippen LogP contribution is -2.23. The minimum Gasteiger partial charge on any atom is -0.304 e. The number of aryl methyl sites for hydroxylation is 2. The van der Waals surface area contributed by atoms with Gasteiger partial charge < -0.3 is 5.32 Å². The molecule has 1 unspecified atom stereocenters. The van der Waals surface area contributed by atoms with Crippen LogP contribution in [-0.2, 0) is 0 Å². The summed E-state index contributed by atoms with van der Waals surface area (Å²) in [7, 11) is 0. The topological polar surface area (TPSA) is 37.8 Å². The Balaban J connectivity index is 2.27. The third-order valence-corrected chi connectivity index (χ3v) is 3.81. The zero-order valence-corrected chi connectivity index (χ0v) is 11.9. The van der Waals surface area contributed by atoms with E-state index in [1.165, 1.54) is 9.75 Å². The van der Waals surface area contributed by atoms with Gasteiger partial charge in [0, 0.05) is 16.0 Å². The van der Waals surface area contributed by atoms with Crippen LogP contribution in [0, 0.1) is 13.8 Å². The van der Waals surface area contributed by atoms with Crippen LogP contribution < -0.4 is 5.32 Å². The lowest BCUT2D eigenvalue weighted by molar-refractivity contribution is 0.591. The maximum atomic E-state index is 4.50. The molecule has 2 rings (SSSR count). The first-order chi connectivity index (χ1) is 8.70. The number of nitrogens with zero attached hydrogens (tertiary/aromatic N) is 2. The number of hydrogen-bond acceptors (Lipinski definition) is 4. The smallest absolute Gasteiger partial charge is 0.0860 e. The van der Waals surface area contributed by atoms with Gasteiger partial charge >= 0.3 is 0 Å². The van der Waals surface area contributed by atoms with Crippen molar-refractivity contribution in [2.24, 2.45) is 0 Å². The summed E-state index contributed by atoms with van der Waals surface area (Å²) in [6.45, 7) is 7.24. The van der Waals surface area contributed by atoms with Crippen molar-refractivity contribution in [3.8, 4) is 0 Å². The fourth-order valence-electron chi connectivity index (χ4n) is 1.80. The molecule has 0 radical (unpaired) electrons. The summed E-state index contributed by atoms with van der Waals surface area (Å²) in [5, 5.41) is 3.54. The third-order valence-electron chi connectivity index (χ3n) is 2.74. The van der Waals surface area contributed by atoms with E-state index in [9.17, 15) is 0 Å². The van der Waals surface area contributed by atoms with Gasteiger partial charge in [0.1, 0.15) is 0 Å². The summed E-state index contributed by atoms with van der Waals surface area (Å²) in [6.07, 6.45) is 4.81. The van der Waals surface area contributed by atoms with Crippen molar-refractivity contribution in [1.29, 1.82) is 0 Å². The molecule has 3 nitrogen and oxygen atoms in total. The highest BCUT2D eigenvalue weighted by Gasteiger charge is 2.16. The lowest BCUT2D eigenvalue weighted by Gasteiger charge is -2.16. The molecule has 96 valence electrons. The first kappa shape index (κ1) is 13.2. The van der Waals surface area contributed by atoms with Crippen molar-refractivity contribution in [2.75, 3.05) is 6.54 Å². The molecule has 0 aliphatic rings. The molecule has 4 heteroatoms. The minimum absolute atomic E-state index is 0.164. The monoisotopic (exact) mass is 261 g/mol. The van der Waals surface area contributed by atoms with Gasteiger partial charge in [-0.3, -0.25) is 9.97 Å². The highest BCUT2D eigenvalue weighted by molar-refractivity contribution is 7.12. The van der Waals surface area contributed by atoms with E-state index in [0.29, 0.717) is 0 Å². The van der Waals surface area contributed by atoms with Crippen LogP contribution in [0.3, 0.4) is 0 Å². The Morgan fingerprint density at radius 2 is 2.06 bits per heavy atom. The zero-order chi connectivity index (χ0) is 13.0. The van der Waals surface area contributed by atoms with Gasteiger partial charge in [-0.25, -0.2) is 0 Å². The largest absolute Gasteiger partial charge is 0.304 e. The van der Waals surface area contributed by atoms with Crippen molar-refractivity contribution in [1.82, 2.24) is 15.3 Å². The summed E-state index contributed by atoms with van der Waals surface area (Å²) < 4.78 is 0. The maximum absolute atomic E-state index is 4.50. The van der Waals surface area contributed by atoms with Crippen LogP contribution in [0.2, 0.25) is 0 Å². The molecular weight excluding hydrogens is 242 g/mol. The van der Waals surface area contributed by atoms with Gasteiger partial charge in [-0.15, -0.1) is 11.3 Å². The minimum atomic E-state index is 0.164. The summed E-state index contributed by atoms with van der Waals surface area (Å²) in [5.74, 6) is 0. The summed E-state index contributed by atoms with van der Waals surface area (Å²) >= 11 is 1.82. The molecule has 0 fully saturated rings. The fourth-order valence-corrected chi connectivity index (χ4v) is 2.77. The SMILES string of the molecule is CCCNC(c1cnc(C)cn1)c1ccc(C)s1. The Morgan fingerprint density at radius 1 is 1.22 bits per heavy atom. The van der Waals surface area contributed by atoms with Crippen LogP contribution in [0.25, 0.3) is 0 Å². The van der Waals surface area contributed by atoms with Crippen molar-refractivity contribution < 1.29 is 0 Å². The molecular formula is C14H19N3S.